The van der Waals surface area contributed by atoms with E-state index in [1.807, 2.05) is 37.3 Å². The third kappa shape index (κ3) is 8.67. The molecule has 1 aromatic rings. The number of unbranched alkanes of at least 4 members (excludes halogenated alkanes) is 3. The summed E-state index contributed by atoms with van der Waals surface area (Å²) >= 11 is 1.63. The molecule has 0 bridgehead atoms. The van der Waals surface area contributed by atoms with Gasteiger partial charge >= 0.3 is 5.97 Å². The molecule has 6 heteroatoms. The van der Waals surface area contributed by atoms with Gasteiger partial charge in [-0.3, -0.25) is 4.79 Å². The number of carboxylic acid groups (broad SMARTS) is 1. The molecule has 1 aliphatic carbocycles. The minimum Gasteiger partial charge on any atom is -0.481 e. The predicted octanol–water partition coefficient (Wildman–Crippen LogP) is 4.09. The largest absolute Gasteiger partial charge is 0.481 e. The second-order valence-corrected chi connectivity index (χ2v) is 9.73. The van der Waals surface area contributed by atoms with Gasteiger partial charge in [0.25, 0.3) is 0 Å². The van der Waals surface area contributed by atoms with Crippen molar-refractivity contribution < 1.29 is 25.2 Å². The van der Waals surface area contributed by atoms with Crippen LogP contribution in [-0.2, 0) is 4.79 Å². The summed E-state index contributed by atoms with van der Waals surface area (Å²) < 4.78 is 0. The summed E-state index contributed by atoms with van der Waals surface area (Å²) in [5.41, 5.74) is -0.824. The van der Waals surface area contributed by atoms with Crippen molar-refractivity contribution in [1.82, 2.24) is 0 Å². The summed E-state index contributed by atoms with van der Waals surface area (Å²) in [6, 6.07) is 10.0. The molecule has 1 fully saturated rings. The number of carboxylic acids is 1. The van der Waals surface area contributed by atoms with Crippen LogP contribution in [0.2, 0.25) is 0 Å². The molecule has 164 valence electrons. The lowest BCUT2D eigenvalue weighted by Gasteiger charge is -2.28. The third-order valence-corrected chi connectivity index (χ3v) is 7.38. The molecule has 4 N–H and O–H groups in total. The van der Waals surface area contributed by atoms with Crippen LogP contribution >= 0.6 is 11.8 Å². The van der Waals surface area contributed by atoms with Gasteiger partial charge in [0, 0.05) is 17.1 Å². The first-order valence-electron chi connectivity index (χ1n) is 10.8. The molecule has 0 saturated heterocycles. The average molecular weight is 425 g/mol. The SMILES string of the molecule is CC(O)(CC[C@@H]1C(CCCCCCC(=O)O)[C@@H](O)C[C@H]1O)CSc1ccccc1. The molecule has 0 aliphatic heterocycles. The summed E-state index contributed by atoms with van der Waals surface area (Å²) in [4.78, 5) is 11.7. The first-order chi connectivity index (χ1) is 13.8. The molecule has 29 heavy (non-hydrogen) atoms. The fourth-order valence-corrected chi connectivity index (χ4v) is 5.27. The van der Waals surface area contributed by atoms with E-state index < -0.39 is 23.8 Å². The van der Waals surface area contributed by atoms with E-state index in [-0.39, 0.29) is 18.3 Å². The summed E-state index contributed by atoms with van der Waals surface area (Å²) in [6.45, 7) is 1.85. The van der Waals surface area contributed by atoms with Crippen molar-refractivity contribution in [3.63, 3.8) is 0 Å². The number of rotatable bonds is 13. The fourth-order valence-electron chi connectivity index (χ4n) is 4.30. The van der Waals surface area contributed by atoms with Crippen molar-refractivity contribution in [1.29, 1.82) is 0 Å². The van der Waals surface area contributed by atoms with Crippen LogP contribution in [0.1, 0.15) is 64.7 Å². The molecule has 0 aromatic heterocycles. The van der Waals surface area contributed by atoms with Crippen molar-refractivity contribution in [2.45, 2.75) is 87.4 Å². The number of aliphatic carboxylic acids is 1. The van der Waals surface area contributed by atoms with Crippen molar-refractivity contribution >= 4 is 17.7 Å². The number of thioether (sulfide) groups is 1. The summed E-state index contributed by atoms with van der Waals surface area (Å²) in [7, 11) is 0. The molecule has 2 rings (SSSR count). The van der Waals surface area contributed by atoms with Crippen LogP contribution in [0.5, 0.6) is 0 Å². The Labute approximate surface area is 178 Å². The number of benzene rings is 1. The maximum Gasteiger partial charge on any atom is 0.303 e. The number of hydrogen-bond acceptors (Lipinski definition) is 5. The highest BCUT2D eigenvalue weighted by atomic mass is 32.2. The van der Waals surface area contributed by atoms with E-state index in [2.05, 4.69) is 0 Å². The minimum atomic E-state index is -0.824. The first-order valence-corrected chi connectivity index (χ1v) is 11.8. The van der Waals surface area contributed by atoms with Gasteiger partial charge in [0.1, 0.15) is 0 Å². The van der Waals surface area contributed by atoms with Gasteiger partial charge < -0.3 is 20.4 Å². The molecule has 5 nitrogen and oxygen atoms in total. The van der Waals surface area contributed by atoms with E-state index in [1.165, 1.54) is 0 Å². The van der Waals surface area contributed by atoms with Gasteiger partial charge in [0.2, 0.25) is 0 Å². The van der Waals surface area contributed by atoms with Gasteiger partial charge in [-0.2, -0.15) is 0 Å². The van der Waals surface area contributed by atoms with Gasteiger partial charge in [-0.1, -0.05) is 37.5 Å². The van der Waals surface area contributed by atoms with E-state index in [4.69, 9.17) is 5.11 Å². The molecule has 0 radical (unpaired) electrons. The normalized spacial score (nSPS) is 26.3. The maximum atomic E-state index is 10.8. The summed E-state index contributed by atoms with van der Waals surface area (Å²) in [6.07, 6.45) is 5.22. The zero-order valence-corrected chi connectivity index (χ0v) is 18.2. The topological polar surface area (TPSA) is 98.0 Å². The van der Waals surface area contributed by atoms with E-state index >= 15 is 0 Å². The standard InChI is InChI=1S/C23H36O5S/c1-23(28,16-29-17-9-5-4-6-10-17)14-13-19-18(20(24)15-21(19)25)11-7-2-3-8-12-22(26)27/h4-6,9-10,18-21,24-25,28H,2-3,7-8,11-16H2,1H3,(H,26,27)/t18?,19-,20+,21-,23?/m1/s1. The lowest BCUT2D eigenvalue weighted by Crippen LogP contribution is -2.31. The van der Waals surface area contributed by atoms with Gasteiger partial charge in [-0.05, 0) is 63.0 Å². The summed E-state index contributed by atoms with van der Waals surface area (Å²) in [5.74, 6) is -0.0902. The highest BCUT2D eigenvalue weighted by molar-refractivity contribution is 7.99. The summed E-state index contributed by atoms with van der Waals surface area (Å²) in [5, 5.41) is 40.3. The van der Waals surface area contributed by atoms with Crippen molar-refractivity contribution in [2.24, 2.45) is 11.8 Å². The van der Waals surface area contributed by atoms with Crippen LogP contribution in [0.3, 0.4) is 0 Å². The van der Waals surface area contributed by atoms with Crippen LogP contribution in [0.4, 0.5) is 0 Å². The molecule has 0 amide bonds. The Hall–Kier alpha value is -1.08. The van der Waals surface area contributed by atoms with Crippen LogP contribution in [0.15, 0.2) is 35.2 Å². The average Bonchev–Trinajstić information content (AvgIpc) is 2.94. The van der Waals surface area contributed by atoms with Crippen LogP contribution in [0, 0.1) is 11.8 Å². The molecule has 0 heterocycles. The molecular formula is C23H36O5S. The Kier molecular flexibility index (Phi) is 9.96. The highest BCUT2D eigenvalue weighted by Gasteiger charge is 2.41. The van der Waals surface area contributed by atoms with E-state index in [0.29, 0.717) is 31.4 Å². The van der Waals surface area contributed by atoms with Gasteiger partial charge in [0.15, 0.2) is 0 Å². The third-order valence-electron chi connectivity index (χ3n) is 6.01. The van der Waals surface area contributed by atoms with Gasteiger partial charge in [0.05, 0.1) is 17.8 Å². The Morgan fingerprint density at radius 2 is 1.66 bits per heavy atom. The molecular weight excluding hydrogens is 388 g/mol. The molecule has 5 atom stereocenters. The number of aliphatic hydroxyl groups is 3. The van der Waals surface area contributed by atoms with Crippen LogP contribution in [-0.4, -0.2) is 50.0 Å². The predicted molar refractivity (Wildman–Crippen MR) is 116 cm³/mol. The van der Waals surface area contributed by atoms with Crippen molar-refractivity contribution in [2.75, 3.05) is 5.75 Å². The fraction of sp³-hybridized carbons (Fsp3) is 0.696. The zero-order valence-electron chi connectivity index (χ0n) is 17.4. The zero-order chi connectivity index (χ0) is 21.3. The number of aliphatic hydroxyl groups excluding tert-OH is 2. The smallest absolute Gasteiger partial charge is 0.303 e. The Bertz CT molecular complexity index is 607. The van der Waals surface area contributed by atoms with Gasteiger partial charge in [-0.15, -0.1) is 11.8 Å². The molecule has 0 spiro atoms. The van der Waals surface area contributed by atoms with Gasteiger partial charge in [-0.25, -0.2) is 0 Å². The minimum absolute atomic E-state index is 0.0113. The van der Waals surface area contributed by atoms with Crippen molar-refractivity contribution in [3.8, 4) is 0 Å². The van der Waals surface area contributed by atoms with Crippen molar-refractivity contribution in [3.05, 3.63) is 30.3 Å². The number of carbonyl (C=O) groups is 1. The van der Waals surface area contributed by atoms with E-state index in [9.17, 15) is 20.1 Å². The monoisotopic (exact) mass is 424 g/mol. The molecule has 1 aliphatic rings. The second-order valence-electron chi connectivity index (χ2n) is 8.68. The highest BCUT2D eigenvalue weighted by Crippen LogP contribution is 2.40. The quantitative estimate of drug-likeness (QED) is 0.281. The lowest BCUT2D eigenvalue weighted by molar-refractivity contribution is -0.137. The van der Waals surface area contributed by atoms with E-state index in [1.54, 1.807) is 11.8 Å². The lowest BCUT2D eigenvalue weighted by atomic mass is 9.83. The Morgan fingerprint density at radius 3 is 2.31 bits per heavy atom. The molecule has 1 saturated carbocycles. The number of hydrogen-bond donors (Lipinski definition) is 4. The van der Waals surface area contributed by atoms with E-state index in [0.717, 1.165) is 30.6 Å². The van der Waals surface area contributed by atoms with Crippen LogP contribution < -0.4 is 0 Å². The molecule has 1 aromatic carbocycles. The first kappa shape index (κ1) is 24.2. The maximum absolute atomic E-state index is 10.8. The van der Waals surface area contributed by atoms with Crippen LogP contribution in [0.25, 0.3) is 0 Å². The second kappa shape index (κ2) is 11.9. The Balaban J connectivity index is 1.76. The molecule has 2 unspecified atom stereocenters. The Morgan fingerprint density at radius 1 is 1.03 bits per heavy atom.